The minimum Gasteiger partial charge on any atom is -1.00 e. The van der Waals surface area contributed by atoms with E-state index in [1.54, 1.807) is 0 Å². The largest absolute Gasteiger partial charge is 1.00 e. The molecule has 5 aliphatic rings. The van der Waals surface area contributed by atoms with Crippen molar-refractivity contribution in [3.05, 3.63) is 35.9 Å². The SMILES string of the molecule is CC1(C)[C@@H]2C[C@H]3OB([C@@H](CC(=O)C(N)Cc4ccccc4)CC4CC4)O[C@@]3(C)[C@H]1C2.[Cl-]. The van der Waals surface area contributed by atoms with Crippen molar-refractivity contribution in [3.63, 3.8) is 0 Å². The minimum absolute atomic E-state index is 0. The van der Waals surface area contributed by atoms with Crippen molar-refractivity contribution in [2.45, 2.75) is 89.3 Å². The van der Waals surface area contributed by atoms with Gasteiger partial charge in [0.05, 0.1) is 17.7 Å². The summed E-state index contributed by atoms with van der Waals surface area (Å²) in [6.07, 6.45) is 7.15. The van der Waals surface area contributed by atoms with Crippen molar-refractivity contribution >= 4 is 12.9 Å². The lowest BCUT2D eigenvalue weighted by atomic mass is 9.43. The normalized spacial score (nSPS) is 34.8. The Balaban J connectivity index is 0.00000231. The van der Waals surface area contributed by atoms with Gasteiger partial charge in [-0.3, -0.25) is 4.79 Å². The number of carbonyl (C=O) groups is 1. The molecule has 0 spiro atoms. The molecule has 1 heterocycles. The fourth-order valence-electron chi connectivity index (χ4n) is 6.57. The van der Waals surface area contributed by atoms with Crippen LogP contribution in [0.3, 0.4) is 0 Å². The molecule has 1 aromatic rings. The molecule has 1 saturated heterocycles. The van der Waals surface area contributed by atoms with Crippen molar-refractivity contribution in [1.29, 1.82) is 0 Å². The molecule has 31 heavy (non-hydrogen) atoms. The summed E-state index contributed by atoms with van der Waals surface area (Å²) in [5.41, 5.74) is 7.56. The van der Waals surface area contributed by atoms with Gasteiger partial charge in [-0.25, -0.2) is 0 Å². The molecule has 4 aliphatic carbocycles. The summed E-state index contributed by atoms with van der Waals surface area (Å²) in [6.45, 7) is 7.03. The van der Waals surface area contributed by atoms with Gasteiger partial charge in [0.1, 0.15) is 5.78 Å². The van der Waals surface area contributed by atoms with Crippen LogP contribution in [0.1, 0.15) is 64.9 Å². The first-order chi connectivity index (χ1) is 14.3. The third-order valence-electron chi connectivity index (χ3n) is 8.86. The summed E-state index contributed by atoms with van der Waals surface area (Å²) in [7, 11) is -0.261. The van der Waals surface area contributed by atoms with E-state index in [9.17, 15) is 4.79 Å². The van der Waals surface area contributed by atoms with E-state index in [4.69, 9.17) is 15.0 Å². The van der Waals surface area contributed by atoms with E-state index in [1.807, 2.05) is 30.3 Å². The topological polar surface area (TPSA) is 61.5 Å². The number of hydrogen-bond acceptors (Lipinski definition) is 4. The maximum atomic E-state index is 13.1. The maximum absolute atomic E-state index is 13.1. The Labute approximate surface area is 193 Å². The lowest BCUT2D eigenvalue weighted by molar-refractivity contribution is -0.199. The number of carbonyl (C=O) groups excluding carboxylic acids is 1. The predicted molar refractivity (Wildman–Crippen MR) is 119 cm³/mol. The smallest absolute Gasteiger partial charge is 0.461 e. The molecule has 5 fully saturated rings. The van der Waals surface area contributed by atoms with Crippen LogP contribution in [0.25, 0.3) is 0 Å². The highest BCUT2D eigenvalue weighted by molar-refractivity contribution is 6.47. The molecule has 1 aromatic carbocycles. The first kappa shape index (κ1) is 23.3. The standard InChI is InChI=1S/C25H36BNO3.ClH/c1-24(2)18-13-22(24)25(3)23(14-18)29-26(30-25)19(11-17-9-10-17)15-21(28)20(27)12-16-7-5-4-6-8-16;/h4-8,17-20,22-23H,9-15,27H2,1-3H3;1H/p-1/t18-,19+,20?,22-,23+,25-;/m0./s1. The van der Waals surface area contributed by atoms with Crippen LogP contribution >= 0.6 is 0 Å². The molecular weight excluding hydrogens is 409 g/mol. The molecule has 6 atom stereocenters. The highest BCUT2D eigenvalue weighted by Crippen LogP contribution is 2.66. The second-order valence-corrected chi connectivity index (χ2v) is 11.2. The van der Waals surface area contributed by atoms with Gasteiger partial charge in [-0.15, -0.1) is 0 Å². The van der Waals surface area contributed by atoms with Crippen LogP contribution in [0.15, 0.2) is 30.3 Å². The molecular formula is C25H36BClNO3-. The Bertz CT molecular complexity index is 801. The molecule has 1 aliphatic heterocycles. The van der Waals surface area contributed by atoms with E-state index in [0.717, 1.165) is 30.2 Å². The fraction of sp³-hybridized carbons (Fsp3) is 0.720. The minimum atomic E-state index is -0.458. The monoisotopic (exact) mass is 444 g/mol. The van der Waals surface area contributed by atoms with Crippen molar-refractivity contribution in [3.8, 4) is 0 Å². The van der Waals surface area contributed by atoms with Gasteiger partial charge in [-0.1, -0.05) is 57.0 Å². The fourth-order valence-corrected chi connectivity index (χ4v) is 6.57. The Morgan fingerprint density at radius 2 is 1.90 bits per heavy atom. The predicted octanol–water partition coefficient (Wildman–Crippen LogP) is 1.42. The molecule has 2 N–H and O–H groups in total. The van der Waals surface area contributed by atoms with E-state index in [2.05, 4.69) is 20.8 Å². The van der Waals surface area contributed by atoms with Crippen LogP contribution in [-0.4, -0.2) is 30.6 Å². The van der Waals surface area contributed by atoms with Gasteiger partial charge in [-0.2, -0.15) is 0 Å². The quantitative estimate of drug-likeness (QED) is 0.616. The van der Waals surface area contributed by atoms with Crippen LogP contribution < -0.4 is 18.1 Å². The zero-order chi connectivity index (χ0) is 21.1. The van der Waals surface area contributed by atoms with Crippen molar-refractivity contribution < 1.29 is 26.5 Å². The van der Waals surface area contributed by atoms with Gasteiger partial charge < -0.3 is 27.4 Å². The van der Waals surface area contributed by atoms with Crippen LogP contribution in [0.4, 0.5) is 0 Å². The molecule has 0 aromatic heterocycles. The Morgan fingerprint density at radius 1 is 1.19 bits per heavy atom. The van der Waals surface area contributed by atoms with Gasteiger partial charge in [0, 0.05) is 12.2 Å². The molecule has 170 valence electrons. The highest BCUT2D eigenvalue weighted by atomic mass is 35.5. The van der Waals surface area contributed by atoms with Gasteiger partial charge in [0.25, 0.3) is 0 Å². The number of halogens is 1. The van der Waals surface area contributed by atoms with Gasteiger partial charge >= 0.3 is 7.12 Å². The summed E-state index contributed by atoms with van der Waals surface area (Å²) in [4.78, 5) is 13.1. The first-order valence-corrected chi connectivity index (χ1v) is 11.9. The molecule has 0 amide bonds. The van der Waals surface area contributed by atoms with Crippen molar-refractivity contribution in [2.75, 3.05) is 0 Å². The molecule has 2 bridgehead atoms. The number of ketones is 1. The Hall–Kier alpha value is -0.875. The molecule has 4 saturated carbocycles. The molecule has 0 radical (unpaired) electrons. The molecule has 6 heteroatoms. The van der Waals surface area contributed by atoms with Crippen molar-refractivity contribution in [2.24, 2.45) is 28.9 Å². The average Bonchev–Trinajstić information content (AvgIpc) is 3.45. The second-order valence-electron chi connectivity index (χ2n) is 11.2. The summed E-state index contributed by atoms with van der Waals surface area (Å²) in [6, 6.07) is 9.60. The summed E-state index contributed by atoms with van der Waals surface area (Å²) in [5.74, 6) is 2.28. The third kappa shape index (κ3) is 4.24. The van der Waals surface area contributed by atoms with E-state index in [1.165, 1.54) is 19.3 Å². The lowest BCUT2D eigenvalue weighted by Crippen LogP contribution is -3.00. The maximum Gasteiger partial charge on any atom is 0.461 e. The van der Waals surface area contributed by atoms with Gasteiger partial charge in [-0.05, 0) is 61.3 Å². The Kier molecular flexibility index (Phi) is 6.37. The number of hydrogen-bond donors (Lipinski definition) is 1. The van der Waals surface area contributed by atoms with E-state index in [0.29, 0.717) is 24.2 Å². The van der Waals surface area contributed by atoms with Crippen LogP contribution in [-0.2, 0) is 20.5 Å². The van der Waals surface area contributed by atoms with Crippen LogP contribution in [0.5, 0.6) is 0 Å². The summed E-state index contributed by atoms with van der Waals surface area (Å²) in [5, 5.41) is 0. The lowest BCUT2D eigenvalue weighted by Gasteiger charge is -2.64. The van der Waals surface area contributed by atoms with Crippen LogP contribution in [0, 0.1) is 23.2 Å². The molecule has 1 unspecified atom stereocenters. The third-order valence-corrected chi connectivity index (χ3v) is 8.86. The van der Waals surface area contributed by atoms with Crippen LogP contribution in [0.2, 0.25) is 5.82 Å². The number of benzene rings is 1. The van der Waals surface area contributed by atoms with Crippen molar-refractivity contribution in [1.82, 2.24) is 0 Å². The summed E-state index contributed by atoms with van der Waals surface area (Å²) < 4.78 is 13.3. The number of rotatable bonds is 8. The average molecular weight is 445 g/mol. The number of Topliss-reactive ketones (excluding diaryl/α,β-unsaturated/α-hetero) is 1. The first-order valence-electron chi connectivity index (χ1n) is 11.9. The number of nitrogens with two attached hydrogens (primary N) is 1. The molecule has 4 nitrogen and oxygen atoms in total. The second kappa shape index (κ2) is 8.48. The van der Waals surface area contributed by atoms with E-state index in [-0.39, 0.29) is 42.8 Å². The van der Waals surface area contributed by atoms with E-state index >= 15 is 0 Å². The molecule has 6 rings (SSSR count). The van der Waals surface area contributed by atoms with Gasteiger partial charge in [0.2, 0.25) is 0 Å². The highest BCUT2D eigenvalue weighted by Gasteiger charge is 2.68. The van der Waals surface area contributed by atoms with Gasteiger partial charge in [0.15, 0.2) is 0 Å². The Morgan fingerprint density at radius 3 is 2.55 bits per heavy atom. The van der Waals surface area contributed by atoms with E-state index < -0.39 is 6.04 Å². The zero-order valence-electron chi connectivity index (χ0n) is 19.1. The zero-order valence-corrected chi connectivity index (χ0v) is 19.8. The summed E-state index contributed by atoms with van der Waals surface area (Å²) >= 11 is 0.